The van der Waals surface area contributed by atoms with E-state index in [-0.39, 0.29) is 11.4 Å². The zero-order chi connectivity index (χ0) is 16.8. The van der Waals surface area contributed by atoms with Crippen molar-refractivity contribution in [3.8, 4) is 11.5 Å². The van der Waals surface area contributed by atoms with Crippen molar-refractivity contribution in [3.05, 3.63) is 70.0 Å². The molecule has 0 unspecified atom stereocenters. The Balaban J connectivity index is 2.36. The van der Waals surface area contributed by atoms with Gasteiger partial charge in [-0.05, 0) is 36.4 Å². The predicted octanol–water partition coefficient (Wildman–Crippen LogP) is 3.71. The zero-order valence-electron chi connectivity index (χ0n) is 12.1. The maximum Gasteiger partial charge on any atom is 0.330 e. The summed E-state index contributed by atoms with van der Waals surface area (Å²) < 4.78 is 23.0. The quantitative estimate of drug-likeness (QED) is 0.363. The lowest BCUT2D eigenvalue weighted by Crippen LogP contribution is -1.95. The molecule has 0 radical (unpaired) electrons. The average molecular weight is 317 g/mol. The molecular formula is C16H12FNO5. The number of esters is 1. The van der Waals surface area contributed by atoms with Gasteiger partial charge in [-0.25, -0.2) is 9.18 Å². The van der Waals surface area contributed by atoms with Crippen LogP contribution in [0.1, 0.15) is 5.56 Å². The van der Waals surface area contributed by atoms with E-state index in [1.807, 2.05) is 0 Å². The zero-order valence-corrected chi connectivity index (χ0v) is 12.1. The van der Waals surface area contributed by atoms with Gasteiger partial charge in [-0.3, -0.25) is 10.1 Å². The van der Waals surface area contributed by atoms with E-state index in [2.05, 4.69) is 4.74 Å². The molecule has 0 aliphatic rings. The SMILES string of the molecule is COC(=O)/C=C/c1cc([N+](=O)[O-])ccc1Oc1ccc(F)cc1. The number of carbonyl (C=O) groups excluding carboxylic acids is 1. The minimum Gasteiger partial charge on any atom is -0.466 e. The molecule has 0 aliphatic carbocycles. The Labute approximate surface area is 130 Å². The Kier molecular flexibility index (Phi) is 5.03. The van der Waals surface area contributed by atoms with Gasteiger partial charge in [0.05, 0.1) is 12.0 Å². The second-order valence-electron chi connectivity index (χ2n) is 4.39. The first-order chi connectivity index (χ1) is 11.0. The van der Waals surface area contributed by atoms with E-state index in [1.165, 1.54) is 55.7 Å². The number of nitrogens with zero attached hydrogens (tertiary/aromatic N) is 1. The normalized spacial score (nSPS) is 10.5. The minimum atomic E-state index is -0.607. The van der Waals surface area contributed by atoms with Crippen molar-refractivity contribution in [3.63, 3.8) is 0 Å². The molecule has 0 atom stereocenters. The molecule has 0 fully saturated rings. The monoisotopic (exact) mass is 317 g/mol. The standard InChI is InChI=1S/C16H12FNO5/c1-22-16(19)9-2-11-10-13(18(20)21)5-8-15(11)23-14-6-3-12(17)4-7-14/h2-10H,1H3/b9-2+. The summed E-state index contributed by atoms with van der Waals surface area (Å²) in [5.74, 6) is -0.383. The predicted molar refractivity (Wildman–Crippen MR) is 80.6 cm³/mol. The molecule has 118 valence electrons. The van der Waals surface area contributed by atoms with Gasteiger partial charge in [0, 0.05) is 23.8 Å². The summed E-state index contributed by atoms with van der Waals surface area (Å²) in [6.07, 6.45) is 2.47. The molecule has 2 aromatic rings. The number of halogens is 1. The highest BCUT2D eigenvalue weighted by Gasteiger charge is 2.11. The smallest absolute Gasteiger partial charge is 0.330 e. The summed E-state index contributed by atoms with van der Waals surface area (Å²) in [6, 6.07) is 9.23. The lowest BCUT2D eigenvalue weighted by Gasteiger charge is -2.08. The van der Waals surface area contributed by atoms with E-state index in [4.69, 9.17) is 4.74 Å². The topological polar surface area (TPSA) is 78.7 Å². The fourth-order valence-electron chi connectivity index (χ4n) is 1.73. The summed E-state index contributed by atoms with van der Waals surface area (Å²) >= 11 is 0. The molecule has 0 bridgehead atoms. The molecule has 23 heavy (non-hydrogen) atoms. The number of rotatable bonds is 5. The molecule has 0 aliphatic heterocycles. The van der Waals surface area contributed by atoms with Crippen LogP contribution in [0, 0.1) is 15.9 Å². The summed E-state index contributed by atoms with van der Waals surface area (Å²) in [6.45, 7) is 0. The summed E-state index contributed by atoms with van der Waals surface area (Å²) in [4.78, 5) is 21.5. The first-order valence-corrected chi connectivity index (χ1v) is 6.47. The van der Waals surface area contributed by atoms with Gasteiger partial charge < -0.3 is 9.47 Å². The van der Waals surface area contributed by atoms with E-state index < -0.39 is 16.7 Å². The second kappa shape index (κ2) is 7.17. The maximum absolute atomic E-state index is 12.9. The molecule has 0 N–H and O–H groups in total. The van der Waals surface area contributed by atoms with Crippen LogP contribution in [0.5, 0.6) is 11.5 Å². The molecule has 0 heterocycles. The Morgan fingerprint density at radius 1 is 1.22 bits per heavy atom. The van der Waals surface area contributed by atoms with E-state index >= 15 is 0 Å². The molecule has 0 saturated carbocycles. The van der Waals surface area contributed by atoms with Crippen LogP contribution in [0.15, 0.2) is 48.5 Å². The largest absolute Gasteiger partial charge is 0.466 e. The van der Waals surface area contributed by atoms with E-state index in [0.29, 0.717) is 11.3 Å². The van der Waals surface area contributed by atoms with Crippen LogP contribution < -0.4 is 4.74 Å². The minimum absolute atomic E-state index is 0.152. The van der Waals surface area contributed by atoms with Gasteiger partial charge in [-0.2, -0.15) is 0 Å². The molecule has 0 saturated heterocycles. The average Bonchev–Trinajstić information content (AvgIpc) is 2.55. The summed E-state index contributed by atoms with van der Waals surface area (Å²) in [5.41, 5.74) is 0.162. The molecule has 2 aromatic carbocycles. The van der Waals surface area contributed by atoms with Crippen molar-refractivity contribution >= 4 is 17.7 Å². The molecule has 0 spiro atoms. The third kappa shape index (κ3) is 4.37. The highest BCUT2D eigenvalue weighted by Crippen LogP contribution is 2.29. The number of hydrogen-bond donors (Lipinski definition) is 0. The molecule has 2 rings (SSSR count). The number of nitro benzene ring substituents is 1. The fraction of sp³-hybridized carbons (Fsp3) is 0.0625. The molecule has 7 heteroatoms. The van der Waals surface area contributed by atoms with Crippen LogP contribution in [0.4, 0.5) is 10.1 Å². The van der Waals surface area contributed by atoms with Crippen molar-refractivity contribution in [1.82, 2.24) is 0 Å². The van der Waals surface area contributed by atoms with Crippen LogP contribution in [0.2, 0.25) is 0 Å². The first-order valence-electron chi connectivity index (χ1n) is 6.47. The van der Waals surface area contributed by atoms with Gasteiger partial charge in [0.15, 0.2) is 0 Å². The number of non-ortho nitro benzene ring substituents is 1. The van der Waals surface area contributed by atoms with Crippen LogP contribution in [0.3, 0.4) is 0 Å². The highest BCUT2D eigenvalue weighted by atomic mass is 19.1. The fourth-order valence-corrected chi connectivity index (χ4v) is 1.73. The van der Waals surface area contributed by atoms with Crippen LogP contribution >= 0.6 is 0 Å². The number of ether oxygens (including phenoxy) is 2. The van der Waals surface area contributed by atoms with Crippen molar-refractivity contribution < 1.29 is 23.6 Å². The van der Waals surface area contributed by atoms with E-state index in [9.17, 15) is 19.3 Å². The van der Waals surface area contributed by atoms with Gasteiger partial charge in [0.2, 0.25) is 0 Å². The van der Waals surface area contributed by atoms with Gasteiger partial charge in [0.1, 0.15) is 17.3 Å². The first kappa shape index (κ1) is 16.2. The van der Waals surface area contributed by atoms with Crippen molar-refractivity contribution in [2.75, 3.05) is 7.11 Å². The number of benzene rings is 2. The van der Waals surface area contributed by atoms with E-state index in [1.54, 1.807) is 0 Å². The molecule has 0 amide bonds. The van der Waals surface area contributed by atoms with Crippen LogP contribution in [-0.2, 0) is 9.53 Å². The molecule has 0 aromatic heterocycles. The number of hydrogen-bond acceptors (Lipinski definition) is 5. The van der Waals surface area contributed by atoms with Gasteiger partial charge in [0.25, 0.3) is 5.69 Å². The van der Waals surface area contributed by atoms with Crippen LogP contribution in [-0.4, -0.2) is 18.0 Å². The van der Waals surface area contributed by atoms with Crippen LogP contribution in [0.25, 0.3) is 6.08 Å². The highest BCUT2D eigenvalue weighted by molar-refractivity contribution is 5.87. The van der Waals surface area contributed by atoms with Gasteiger partial charge in [-0.1, -0.05) is 0 Å². The molecule has 6 nitrogen and oxygen atoms in total. The Morgan fingerprint density at radius 2 is 1.91 bits per heavy atom. The Bertz CT molecular complexity index is 756. The molecular weight excluding hydrogens is 305 g/mol. The Morgan fingerprint density at radius 3 is 2.52 bits per heavy atom. The van der Waals surface area contributed by atoms with Crippen molar-refractivity contribution in [1.29, 1.82) is 0 Å². The van der Waals surface area contributed by atoms with Gasteiger partial charge in [-0.15, -0.1) is 0 Å². The van der Waals surface area contributed by atoms with Crippen molar-refractivity contribution in [2.45, 2.75) is 0 Å². The number of methoxy groups -OCH3 is 1. The van der Waals surface area contributed by atoms with Gasteiger partial charge >= 0.3 is 5.97 Å². The Hall–Kier alpha value is -3.22. The lowest BCUT2D eigenvalue weighted by molar-refractivity contribution is -0.384. The van der Waals surface area contributed by atoms with E-state index in [0.717, 1.165) is 6.08 Å². The number of nitro groups is 1. The lowest BCUT2D eigenvalue weighted by atomic mass is 10.1. The third-order valence-corrected chi connectivity index (χ3v) is 2.85. The second-order valence-corrected chi connectivity index (χ2v) is 4.39. The summed E-state index contributed by atoms with van der Waals surface area (Å²) in [5, 5.41) is 10.9. The number of carbonyl (C=O) groups is 1. The summed E-state index contributed by atoms with van der Waals surface area (Å²) in [7, 11) is 1.22. The van der Waals surface area contributed by atoms with Crippen molar-refractivity contribution in [2.24, 2.45) is 0 Å². The third-order valence-electron chi connectivity index (χ3n) is 2.85. The maximum atomic E-state index is 12.9.